The summed E-state index contributed by atoms with van der Waals surface area (Å²) in [6.45, 7) is 21.2. The van der Waals surface area contributed by atoms with E-state index < -0.39 is 119 Å². The molecule has 0 bridgehead atoms. The standard InChI is InChI=1S/C66H99N9O15/c1-17-88-54(79)31-29-44(62(84)89-18-2)36-52(77)48(30-32-53(78)87-16)70-58(80)41(7)34-50(39(3)4)74(14)61(83)56(65(8,9)10)72-60(82)57(66(11,12)46-37-73(13)49-24-20-19-22-45(46)49)75(15)64(86)90-38-43-27-25-42(26-28-43)35-51(76)47(23-21-33-69-63(68)85)71-59(81)55(67)40(5)6/h19-20,22,24-28,34,37,39-40,44,47-48,50,55-57H,17-18,21,23,29-33,35-36,38,67H2,1-16H3,(H,70,80)(H,71,81)(H,72,82)(H3,68,69,85)/b41-34+/t44-,47-,48+,50+,55-,56+,57?/m0/s1. The quantitative estimate of drug-likeness (QED) is 0.0170. The zero-order valence-electron chi connectivity index (χ0n) is 55.6. The summed E-state index contributed by atoms with van der Waals surface area (Å²) in [7, 11) is 6.06. The molecule has 0 aliphatic carbocycles. The number of methoxy groups -OCH3 is 1. The maximum Gasteiger partial charge on any atom is 0.410 e. The number of urea groups is 1. The zero-order chi connectivity index (χ0) is 68.0. The second kappa shape index (κ2) is 35.3. The topological polar surface area (TPSA) is 336 Å². The van der Waals surface area contributed by atoms with E-state index >= 15 is 9.59 Å². The van der Waals surface area contributed by atoms with Crippen molar-refractivity contribution in [2.75, 3.05) is 41.0 Å². The van der Waals surface area contributed by atoms with Crippen molar-refractivity contribution in [2.45, 2.75) is 183 Å². The van der Waals surface area contributed by atoms with Crippen LogP contribution >= 0.6 is 0 Å². The van der Waals surface area contributed by atoms with Gasteiger partial charge in [-0.2, -0.15) is 0 Å². The second-order valence-electron chi connectivity index (χ2n) is 25.1. The molecule has 90 heavy (non-hydrogen) atoms. The van der Waals surface area contributed by atoms with Crippen molar-refractivity contribution >= 4 is 76.1 Å². The van der Waals surface area contributed by atoms with Crippen LogP contribution in [-0.4, -0.2) is 157 Å². The van der Waals surface area contributed by atoms with E-state index in [1.165, 1.54) is 30.9 Å². The van der Waals surface area contributed by atoms with Gasteiger partial charge in [0.05, 0.1) is 50.4 Å². The van der Waals surface area contributed by atoms with Crippen LogP contribution in [0.2, 0.25) is 0 Å². The Hall–Kier alpha value is -8.15. The third kappa shape index (κ3) is 22.4. The van der Waals surface area contributed by atoms with Gasteiger partial charge in [0.2, 0.25) is 23.6 Å². The van der Waals surface area contributed by atoms with Crippen LogP contribution < -0.4 is 32.7 Å². The average Bonchev–Trinajstić information content (AvgIpc) is 1.61. The Balaban J connectivity index is 1.97. The lowest BCUT2D eigenvalue weighted by Gasteiger charge is -2.42. The van der Waals surface area contributed by atoms with E-state index in [0.717, 1.165) is 16.5 Å². The number of primary amides is 1. The normalized spacial score (nSPS) is 14.2. The third-order valence-corrected chi connectivity index (χ3v) is 15.9. The lowest BCUT2D eigenvalue weighted by atomic mass is 9.76. The van der Waals surface area contributed by atoms with E-state index in [9.17, 15) is 43.2 Å². The molecule has 1 heterocycles. The largest absolute Gasteiger partial charge is 0.469 e. The molecule has 7 atom stereocenters. The second-order valence-corrected chi connectivity index (χ2v) is 25.1. The molecule has 2 aromatic carbocycles. The number of rotatable bonds is 35. The molecule has 1 aromatic heterocycles. The van der Waals surface area contributed by atoms with Crippen molar-refractivity contribution < 1.29 is 71.7 Å². The van der Waals surface area contributed by atoms with Crippen LogP contribution in [0.4, 0.5) is 9.59 Å². The maximum atomic E-state index is 15.4. The minimum absolute atomic E-state index is 0.0187. The molecule has 498 valence electrons. The monoisotopic (exact) mass is 1260 g/mol. The van der Waals surface area contributed by atoms with Gasteiger partial charge in [-0.05, 0) is 86.5 Å². The van der Waals surface area contributed by atoms with E-state index in [4.69, 9.17) is 30.4 Å². The first-order chi connectivity index (χ1) is 42.1. The van der Waals surface area contributed by atoms with Crippen LogP contribution in [0.15, 0.2) is 66.4 Å². The fourth-order valence-corrected chi connectivity index (χ4v) is 10.5. The van der Waals surface area contributed by atoms with Crippen LogP contribution in [0.3, 0.4) is 0 Å². The van der Waals surface area contributed by atoms with Gasteiger partial charge in [-0.15, -0.1) is 0 Å². The van der Waals surface area contributed by atoms with E-state index in [2.05, 4.69) is 21.3 Å². The highest BCUT2D eigenvalue weighted by Gasteiger charge is 2.47. The average molecular weight is 1260 g/mol. The Labute approximate surface area is 530 Å². The van der Waals surface area contributed by atoms with Crippen LogP contribution in [0.5, 0.6) is 0 Å². The number of nitrogens with one attached hydrogen (secondary N) is 4. The first-order valence-corrected chi connectivity index (χ1v) is 30.7. The molecule has 8 N–H and O–H groups in total. The summed E-state index contributed by atoms with van der Waals surface area (Å²) in [6, 6.07) is 7.40. The molecule has 24 heteroatoms. The lowest BCUT2D eigenvalue weighted by Crippen LogP contribution is -2.63. The molecule has 0 radical (unpaired) electrons. The number of ether oxygens (including phenoxy) is 4. The lowest BCUT2D eigenvalue weighted by molar-refractivity contribution is -0.151. The smallest absolute Gasteiger partial charge is 0.410 e. The molecule has 3 aromatic rings. The molecule has 0 saturated heterocycles. The number of nitrogens with two attached hydrogens (primary N) is 2. The fraction of sp³-hybridized carbons (Fsp3) is 0.591. The van der Waals surface area contributed by atoms with Gasteiger partial charge in [-0.25, -0.2) is 9.59 Å². The van der Waals surface area contributed by atoms with E-state index in [0.29, 0.717) is 17.5 Å². The molecule has 0 spiro atoms. The molecule has 0 aliphatic heterocycles. The van der Waals surface area contributed by atoms with E-state index in [-0.39, 0.29) is 88.1 Å². The number of nitrogens with zero attached hydrogens (tertiary/aromatic N) is 3. The highest BCUT2D eigenvalue weighted by atomic mass is 16.6. The molecule has 0 fully saturated rings. The number of esters is 3. The van der Waals surface area contributed by atoms with Crippen LogP contribution in [-0.2, 0) is 87.6 Å². The molecule has 7 amide bonds. The Kier molecular flexibility index (Phi) is 29.8. The van der Waals surface area contributed by atoms with E-state index in [1.54, 1.807) is 85.9 Å². The highest BCUT2D eigenvalue weighted by molar-refractivity contribution is 5.99. The van der Waals surface area contributed by atoms with Crippen molar-refractivity contribution in [2.24, 2.45) is 41.7 Å². The number of aryl methyl sites for hydroxylation is 1. The summed E-state index contributed by atoms with van der Waals surface area (Å²) in [4.78, 5) is 151. The molecule has 24 nitrogen and oxygen atoms in total. The number of carbonyl (C=O) groups is 11. The number of ketones is 2. The summed E-state index contributed by atoms with van der Waals surface area (Å²) in [5.41, 5.74) is 12.1. The Bertz CT molecular complexity index is 3020. The Morgan fingerprint density at radius 1 is 0.711 bits per heavy atom. The molecular weight excluding hydrogens is 1160 g/mol. The Morgan fingerprint density at radius 3 is 1.89 bits per heavy atom. The van der Waals surface area contributed by atoms with Gasteiger partial charge in [0.15, 0.2) is 11.6 Å². The van der Waals surface area contributed by atoms with Crippen molar-refractivity contribution in [1.29, 1.82) is 0 Å². The molecule has 0 saturated carbocycles. The van der Waals surface area contributed by atoms with Crippen molar-refractivity contribution in [3.63, 3.8) is 0 Å². The first-order valence-electron chi connectivity index (χ1n) is 30.7. The fourth-order valence-electron chi connectivity index (χ4n) is 10.5. The Morgan fingerprint density at radius 2 is 1.31 bits per heavy atom. The van der Waals surface area contributed by atoms with Crippen molar-refractivity contribution in [3.05, 3.63) is 83.1 Å². The van der Waals surface area contributed by atoms with Gasteiger partial charge in [-0.3, -0.25) is 48.1 Å². The third-order valence-electron chi connectivity index (χ3n) is 15.9. The number of para-hydroxylation sites is 1. The number of amides is 7. The number of likely N-dealkylation sites (N-methyl/N-ethyl adjacent to an activating group) is 2. The summed E-state index contributed by atoms with van der Waals surface area (Å²) < 4.78 is 22.9. The number of hydrogen-bond acceptors (Lipinski definition) is 16. The number of benzene rings is 2. The number of Topliss-reactive ketones (excluding diaryl/α,β-unsaturated/α-hetero) is 2. The van der Waals surface area contributed by atoms with Crippen molar-refractivity contribution in [1.82, 2.24) is 35.6 Å². The van der Waals surface area contributed by atoms with Gasteiger partial charge >= 0.3 is 30.0 Å². The number of aromatic nitrogens is 1. The van der Waals surface area contributed by atoms with Crippen molar-refractivity contribution in [3.8, 4) is 0 Å². The summed E-state index contributed by atoms with van der Waals surface area (Å²) in [6.07, 6.45) is 2.07. The predicted molar refractivity (Wildman–Crippen MR) is 340 cm³/mol. The SMILES string of the molecule is CCOC(=O)CC[C@@H](CC(=O)[C@@H](CCC(=O)OC)NC(=O)/C(C)=C/[C@H](C(C)C)N(C)C(=O)[C@@H](NC(=O)C(N(C)C(=O)OCc1ccc(CC(=O)[C@H](CCCNC(N)=O)NC(=O)[C@@H](N)C(C)C)cc1)C(C)(C)c1cn(C)c2ccccc12)C(C)(C)C)C(=O)OCC. The molecule has 3 rings (SSSR count). The first kappa shape index (κ1) is 76.1. The number of hydrogen-bond donors (Lipinski definition) is 6. The van der Waals surface area contributed by atoms with Gasteiger partial charge in [0.25, 0.3) is 0 Å². The summed E-state index contributed by atoms with van der Waals surface area (Å²) in [5, 5.41) is 11.8. The van der Waals surface area contributed by atoms with Crippen LogP contribution in [0, 0.1) is 23.2 Å². The minimum Gasteiger partial charge on any atom is -0.469 e. The molecule has 0 aliphatic rings. The number of fused-ring (bicyclic) bond motifs is 1. The summed E-state index contributed by atoms with van der Waals surface area (Å²) >= 11 is 0. The van der Waals surface area contributed by atoms with Crippen LogP contribution in [0.1, 0.15) is 145 Å². The van der Waals surface area contributed by atoms with Gasteiger partial charge in [-0.1, -0.05) is 111 Å². The van der Waals surface area contributed by atoms with Gasteiger partial charge in [0.1, 0.15) is 18.7 Å². The predicted octanol–water partition coefficient (Wildman–Crippen LogP) is 6.00. The maximum absolute atomic E-state index is 15.4. The molecular formula is C66H99N9O15. The zero-order valence-corrected chi connectivity index (χ0v) is 55.6. The minimum atomic E-state index is -1.31. The van der Waals surface area contributed by atoms with Gasteiger partial charge < -0.3 is 61.1 Å². The highest BCUT2D eigenvalue weighted by Crippen LogP contribution is 2.37. The molecule has 1 unspecified atom stereocenters. The summed E-state index contributed by atoms with van der Waals surface area (Å²) in [5.74, 6) is -6.72. The van der Waals surface area contributed by atoms with Crippen LogP contribution in [0.25, 0.3) is 10.9 Å². The van der Waals surface area contributed by atoms with E-state index in [1.807, 2.05) is 69.8 Å². The number of carbonyl (C=O) groups excluding carboxylic acids is 11. The van der Waals surface area contributed by atoms with Gasteiger partial charge in [0, 0.05) is 81.5 Å².